The smallest absolute Gasteiger partial charge is 0.254 e. The fourth-order valence-electron chi connectivity index (χ4n) is 2.54. The van der Waals surface area contributed by atoms with Crippen molar-refractivity contribution in [2.45, 2.75) is 26.3 Å². The highest BCUT2D eigenvalue weighted by molar-refractivity contribution is 5.99. The first-order valence-electron chi connectivity index (χ1n) is 8.25. The Morgan fingerprint density at radius 2 is 1.88 bits per heavy atom. The minimum Gasteiger partial charge on any atom is -0.508 e. The molecule has 0 unspecified atom stereocenters. The molecule has 0 radical (unpaired) electrons. The van der Waals surface area contributed by atoms with Crippen LogP contribution in [-0.2, 0) is 11.3 Å². The number of rotatable bonds is 8. The molecule has 1 aromatic heterocycles. The van der Waals surface area contributed by atoms with E-state index in [4.69, 9.17) is 4.74 Å². The van der Waals surface area contributed by atoms with E-state index in [2.05, 4.69) is 5.32 Å². The van der Waals surface area contributed by atoms with Gasteiger partial charge in [0.25, 0.3) is 5.56 Å². The predicted octanol–water partition coefficient (Wildman–Crippen LogP) is 1.65. The molecule has 1 amide bonds. The van der Waals surface area contributed by atoms with Crippen molar-refractivity contribution >= 4 is 11.7 Å². The van der Waals surface area contributed by atoms with Gasteiger partial charge in [-0.2, -0.15) is 0 Å². The maximum Gasteiger partial charge on any atom is 0.254 e. The first-order chi connectivity index (χ1) is 12.4. The van der Waals surface area contributed by atoms with Gasteiger partial charge in [-0.15, -0.1) is 0 Å². The highest BCUT2D eigenvalue weighted by Gasteiger charge is 2.09. The second-order valence-electron chi connectivity index (χ2n) is 5.88. The molecule has 1 heterocycles. The summed E-state index contributed by atoms with van der Waals surface area (Å²) in [7, 11) is 1.55. The summed E-state index contributed by atoms with van der Waals surface area (Å²) in [5.41, 5.74) is 0.819. The molecule has 138 valence electrons. The van der Waals surface area contributed by atoms with E-state index in [9.17, 15) is 19.5 Å². The molecule has 0 fully saturated rings. The molecular formula is C19H22N2O5. The van der Waals surface area contributed by atoms with Crippen LogP contribution in [0.15, 0.2) is 41.2 Å². The summed E-state index contributed by atoms with van der Waals surface area (Å²) < 4.78 is 6.53. The van der Waals surface area contributed by atoms with Crippen LogP contribution in [0, 0.1) is 6.92 Å². The lowest BCUT2D eigenvalue weighted by atomic mass is 10.1. The van der Waals surface area contributed by atoms with Gasteiger partial charge in [0.1, 0.15) is 11.5 Å². The van der Waals surface area contributed by atoms with E-state index < -0.39 is 0 Å². The van der Waals surface area contributed by atoms with Crippen molar-refractivity contribution in [1.82, 2.24) is 9.88 Å². The highest BCUT2D eigenvalue weighted by atomic mass is 16.5. The minimum atomic E-state index is -0.308. The lowest BCUT2D eigenvalue weighted by Gasteiger charge is -2.10. The molecule has 0 bridgehead atoms. The number of carbonyl (C=O) groups excluding carboxylic acids is 2. The molecule has 26 heavy (non-hydrogen) atoms. The number of benzene rings is 1. The average Bonchev–Trinajstić information content (AvgIpc) is 2.62. The minimum absolute atomic E-state index is 0.0708. The monoisotopic (exact) mass is 358 g/mol. The molecule has 0 saturated carbocycles. The van der Waals surface area contributed by atoms with Gasteiger partial charge in [-0.1, -0.05) is 0 Å². The van der Waals surface area contributed by atoms with Crippen LogP contribution < -0.4 is 15.6 Å². The molecule has 0 atom stereocenters. The Kier molecular flexibility index (Phi) is 6.54. The Hall–Kier alpha value is -3.09. The zero-order chi connectivity index (χ0) is 19.1. The maximum atomic E-state index is 12.0. The molecular weight excluding hydrogens is 336 g/mol. The lowest BCUT2D eigenvalue weighted by molar-refractivity contribution is -0.121. The lowest BCUT2D eigenvalue weighted by Crippen LogP contribution is -2.30. The van der Waals surface area contributed by atoms with Gasteiger partial charge in [-0.05, 0) is 43.7 Å². The third-order valence-corrected chi connectivity index (χ3v) is 3.96. The van der Waals surface area contributed by atoms with E-state index in [0.29, 0.717) is 30.0 Å². The number of hydrogen-bond acceptors (Lipinski definition) is 5. The third kappa shape index (κ3) is 5.20. The van der Waals surface area contributed by atoms with Crippen LogP contribution in [0.3, 0.4) is 0 Å². The quantitative estimate of drug-likeness (QED) is 0.699. The molecule has 2 N–H and O–H groups in total. The van der Waals surface area contributed by atoms with Gasteiger partial charge in [0.2, 0.25) is 5.91 Å². The summed E-state index contributed by atoms with van der Waals surface area (Å²) in [5, 5.41) is 11.9. The van der Waals surface area contributed by atoms with Crippen LogP contribution >= 0.6 is 0 Å². The number of Topliss-reactive ketones (excluding diaryl/α,β-unsaturated/α-hetero) is 1. The molecule has 0 aliphatic rings. The van der Waals surface area contributed by atoms with Crippen LogP contribution in [0.4, 0.5) is 0 Å². The first kappa shape index (κ1) is 19.2. The fourth-order valence-corrected chi connectivity index (χ4v) is 2.54. The molecule has 0 saturated heterocycles. The highest BCUT2D eigenvalue weighted by Crippen LogP contribution is 2.11. The number of pyridine rings is 1. The van der Waals surface area contributed by atoms with Gasteiger partial charge < -0.3 is 19.7 Å². The summed E-state index contributed by atoms with van der Waals surface area (Å²) in [6.07, 6.45) is 0.650. The van der Waals surface area contributed by atoms with Gasteiger partial charge in [0, 0.05) is 30.3 Å². The Labute approximate surface area is 151 Å². The Balaban J connectivity index is 1.78. The number of carbonyl (C=O) groups is 2. The molecule has 0 aliphatic carbocycles. The summed E-state index contributed by atoms with van der Waals surface area (Å²) in [6.45, 7) is 2.00. The molecule has 7 nitrogen and oxygen atoms in total. The summed E-state index contributed by atoms with van der Waals surface area (Å²) >= 11 is 0. The van der Waals surface area contributed by atoms with Crippen LogP contribution in [0.5, 0.6) is 11.5 Å². The zero-order valence-electron chi connectivity index (χ0n) is 14.8. The standard InChI is InChI=1S/C19H22N2O5/c1-13-10-15(22)11-19(25)21(13)9-3-4-18(24)20-12-17(23)14-5-7-16(26-2)8-6-14/h5-8,10-11,22H,3-4,9,12H2,1-2H3,(H,20,24). The largest absolute Gasteiger partial charge is 0.508 e. The van der Waals surface area contributed by atoms with E-state index in [1.807, 2.05) is 0 Å². The molecule has 2 rings (SSSR count). The van der Waals surface area contributed by atoms with Gasteiger partial charge >= 0.3 is 0 Å². The van der Waals surface area contributed by atoms with Crippen LogP contribution in [0.1, 0.15) is 28.9 Å². The zero-order valence-corrected chi connectivity index (χ0v) is 14.8. The number of nitrogens with zero attached hydrogens (tertiary/aromatic N) is 1. The van der Waals surface area contributed by atoms with Crippen LogP contribution in [-0.4, -0.2) is 35.0 Å². The molecule has 1 aromatic carbocycles. The van der Waals surface area contributed by atoms with E-state index >= 15 is 0 Å². The molecule has 7 heteroatoms. The summed E-state index contributed by atoms with van der Waals surface area (Å²) in [6, 6.07) is 9.30. The number of ketones is 1. The van der Waals surface area contributed by atoms with Gasteiger partial charge in [-0.3, -0.25) is 14.4 Å². The van der Waals surface area contributed by atoms with Crippen molar-refractivity contribution in [1.29, 1.82) is 0 Å². The van der Waals surface area contributed by atoms with Gasteiger partial charge in [0.05, 0.1) is 13.7 Å². The number of amides is 1. The number of aromatic nitrogens is 1. The van der Waals surface area contributed by atoms with Crippen molar-refractivity contribution in [3.8, 4) is 11.5 Å². The SMILES string of the molecule is COc1ccc(C(=O)CNC(=O)CCCn2c(C)cc(O)cc2=O)cc1. The third-order valence-electron chi connectivity index (χ3n) is 3.96. The summed E-state index contributed by atoms with van der Waals surface area (Å²) in [4.78, 5) is 35.7. The summed E-state index contributed by atoms with van der Waals surface area (Å²) in [5.74, 6) is 0.145. The van der Waals surface area contributed by atoms with E-state index in [0.717, 1.165) is 6.07 Å². The van der Waals surface area contributed by atoms with Gasteiger partial charge in [-0.25, -0.2) is 0 Å². The number of methoxy groups -OCH3 is 1. The Morgan fingerprint density at radius 3 is 2.50 bits per heavy atom. The fraction of sp³-hybridized carbons (Fsp3) is 0.316. The Bertz CT molecular complexity index is 840. The normalized spacial score (nSPS) is 10.4. The van der Waals surface area contributed by atoms with Crippen molar-refractivity contribution < 1.29 is 19.4 Å². The second kappa shape index (κ2) is 8.84. The number of ether oxygens (including phenoxy) is 1. The molecule has 0 spiro atoms. The average molecular weight is 358 g/mol. The number of hydrogen-bond donors (Lipinski definition) is 2. The Morgan fingerprint density at radius 1 is 1.19 bits per heavy atom. The number of aryl methyl sites for hydroxylation is 1. The topological polar surface area (TPSA) is 97.6 Å². The van der Waals surface area contributed by atoms with Gasteiger partial charge in [0.15, 0.2) is 5.78 Å². The van der Waals surface area contributed by atoms with Crippen molar-refractivity contribution in [3.63, 3.8) is 0 Å². The molecule has 2 aromatic rings. The predicted molar refractivity (Wildman–Crippen MR) is 96.7 cm³/mol. The number of nitrogens with one attached hydrogen (secondary N) is 1. The van der Waals surface area contributed by atoms with Crippen molar-refractivity contribution in [2.75, 3.05) is 13.7 Å². The first-order valence-corrected chi connectivity index (χ1v) is 8.25. The van der Waals surface area contributed by atoms with Crippen LogP contribution in [0.25, 0.3) is 0 Å². The maximum absolute atomic E-state index is 12.0. The van der Waals surface area contributed by atoms with Crippen molar-refractivity contribution in [2.24, 2.45) is 0 Å². The number of aromatic hydroxyl groups is 1. The van der Waals surface area contributed by atoms with Crippen LogP contribution in [0.2, 0.25) is 0 Å². The second-order valence-corrected chi connectivity index (χ2v) is 5.88. The van der Waals surface area contributed by atoms with Crippen molar-refractivity contribution in [3.05, 3.63) is 58.0 Å². The van der Waals surface area contributed by atoms with E-state index in [-0.39, 0.29) is 36.0 Å². The molecule has 0 aliphatic heterocycles. The van der Waals surface area contributed by atoms with E-state index in [1.54, 1.807) is 38.3 Å². The van der Waals surface area contributed by atoms with E-state index in [1.165, 1.54) is 10.6 Å².